The van der Waals surface area contributed by atoms with Crippen LogP contribution in [-0.2, 0) is 0 Å². The van der Waals surface area contributed by atoms with Gasteiger partial charge in [0, 0.05) is 27.6 Å². The van der Waals surface area contributed by atoms with E-state index in [1.807, 2.05) is 62.4 Å². The Balaban J connectivity index is 2.14. The zero-order valence-corrected chi connectivity index (χ0v) is 13.9. The van der Waals surface area contributed by atoms with Crippen LogP contribution >= 0.6 is 25.3 Å². The highest BCUT2D eigenvalue weighted by molar-refractivity contribution is 7.80. The summed E-state index contributed by atoms with van der Waals surface area (Å²) in [7, 11) is 0. The summed E-state index contributed by atoms with van der Waals surface area (Å²) in [5.74, 6) is 0. The van der Waals surface area contributed by atoms with Gasteiger partial charge in [-0.25, -0.2) is 0 Å². The van der Waals surface area contributed by atoms with Crippen molar-refractivity contribution in [3.63, 3.8) is 0 Å². The molecule has 0 N–H and O–H groups in total. The Labute approximate surface area is 136 Å². The van der Waals surface area contributed by atoms with Crippen molar-refractivity contribution in [2.75, 3.05) is 0 Å². The molecule has 0 radical (unpaired) electrons. The Kier molecular flexibility index (Phi) is 5.65. The summed E-state index contributed by atoms with van der Waals surface area (Å²) < 4.78 is 0. The van der Waals surface area contributed by atoms with Crippen LogP contribution in [0.3, 0.4) is 0 Å². The van der Waals surface area contributed by atoms with Crippen molar-refractivity contribution in [3.8, 4) is 0 Å². The number of rotatable bonds is 4. The number of para-hydroxylation sites is 2. The third-order valence-electron chi connectivity index (χ3n) is 2.90. The van der Waals surface area contributed by atoms with Crippen LogP contribution in [0.4, 0.5) is 11.4 Å². The maximum atomic E-state index is 4.60. The maximum absolute atomic E-state index is 4.60. The zero-order valence-electron chi connectivity index (χ0n) is 12.1. The van der Waals surface area contributed by atoms with E-state index in [1.54, 1.807) is 0 Å². The number of aliphatic imine (C=N–C) groups is 2. The van der Waals surface area contributed by atoms with Crippen molar-refractivity contribution in [2.24, 2.45) is 9.98 Å². The number of hydrogen-bond donors (Lipinski definition) is 2. The maximum Gasteiger partial charge on any atom is 0.0762 e. The van der Waals surface area contributed by atoms with Crippen LogP contribution in [0.5, 0.6) is 0 Å². The summed E-state index contributed by atoms with van der Waals surface area (Å²) >= 11 is 8.82. The van der Waals surface area contributed by atoms with E-state index in [4.69, 9.17) is 0 Å². The standard InChI is InChI=1S/C17H18N2S2/c1-12(18-14-7-3-5-9-16(14)20)11-13(2)19-15-8-4-6-10-17(15)21/h3-10,20-21H,11H2,1-2H3. The van der Waals surface area contributed by atoms with Crippen molar-refractivity contribution in [1.29, 1.82) is 0 Å². The van der Waals surface area contributed by atoms with Gasteiger partial charge in [0.25, 0.3) is 0 Å². The summed E-state index contributed by atoms with van der Waals surface area (Å²) in [5.41, 5.74) is 3.80. The molecule has 2 aromatic rings. The molecule has 0 bridgehead atoms. The van der Waals surface area contributed by atoms with Crippen LogP contribution in [0, 0.1) is 0 Å². The van der Waals surface area contributed by atoms with E-state index < -0.39 is 0 Å². The Hall–Kier alpha value is -1.52. The summed E-state index contributed by atoms with van der Waals surface area (Å²) in [6, 6.07) is 15.6. The van der Waals surface area contributed by atoms with E-state index in [0.717, 1.165) is 39.0 Å². The van der Waals surface area contributed by atoms with Crippen LogP contribution in [0.15, 0.2) is 68.3 Å². The molecule has 0 atom stereocenters. The van der Waals surface area contributed by atoms with Gasteiger partial charge in [-0.1, -0.05) is 24.3 Å². The summed E-state index contributed by atoms with van der Waals surface area (Å²) in [4.78, 5) is 11.0. The van der Waals surface area contributed by atoms with E-state index in [-0.39, 0.29) is 0 Å². The third-order valence-corrected chi connectivity index (χ3v) is 3.65. The molecule has 108 valence electrons. The fourth-order valence-electron chi connectivity index (χ4n) is 1.98. The van der Waals surface area contributed by atoms with E-state index in [1.165, 1.54) is 0 Å². The molecule has 0 spiro atoms. The van der Waals surface area contributed by atoms with Crippen LogP contribution in [0.25, 0.3) is 0 Å². The normalized spacial score (nSPS) is 12.6. The van der Waals surface area contributed by atoms with E-state index in [2.05, 4.69) is 35.2 Å². The number of benzene rings is 2. The topological polar surface area (TPSA) is 24.7 Å². The highest BCUT2D eigenvalue weighted by Gasteiger charge is 2.01. The fourth-order valence-corrected chi connectivity index (χ4v) is 2.40. The number of hydrogen-bond acceptors (Lipinski definition) is 4. The van der Waals surface area contributed by atoms with E-state index >= 15 is 0 Å². The van der Waals surface area contributed by atoms with Crippen molar-refractivity contribution >= 4 is 48.1 Å². The van der Waals surface area contributed by atoms with Gasteiger partial charge in [-0.3, -0.25) is 9.98 Å². The van der Waals surface area contributed by atoms with Gasteiger partial charge in [-0.05, 0) is 38.1 Å². The largest absolute Gasteiger partial charge is 0.257 e. The molecule has 0 aliphatic heterocycles. The lowest BCUT2D eigenvalue weighted by Gasteiger charge is -2.04. The molecule has 0 aromatic heterocycles. The first-order chi connectivity index (χ1) is 10.1. The van der Waals surface area contributed by atoms with Gasteiger partial charge in [-0.15, -0.1) is 25.3 Å². The minimum atomic E-state index is 0.726. The monoisotopic (exact) mass is 314 g/mol. The molecule has 0 saturated heterocycles. The van der Waals surface area contributed by atoms with Gasteiger partial charge in [0.1, 0.15) is 0 Å². The molecule has 0 aliphatic carbocycles. The Morgan fingerprint density at radius 1 is 0.762 bits per heavy atom. The van der Waals surface area contributed by atoms with Crippen LogP contribution in [-0.4, -0.2) is 11.4 Å². The van der Waals surface area contributed by atoms with E-state index in [9.17, 15) is 0 Å². The molecule has 0 saturated carbocycles. The lowest BCUT2D eigenvalue weighted by molar-refractivity contribution is 1.31. The minimum absolute atomic E-state index is 0.726. The quantitative estimate of drug-likeness (QED) is 0.547. The van der Waals surface area contributed by atoms with Crippen LogP contribution in [0.1, 0.15) is 20.3 Å². The molecule has 2 nitrogen and oxygen atoms in total. The van der Waals surface area contributed by atoms with Crippen molar-refractivity contribution in [2.45, 2.75) is 30.1 Å². The Morgan fingerprint density at radius 3 is 1.52 bits per heavy atom. The molecule has 0 heterocycles. The molecule has 4 heteroatoms. The second kappa shape index (κ2) is 7.48. The molecular weight excluding hydrogens is 296 g/mol. The van der Waals surface area contributed by atoms with Gasteiger partial charge in [-0.2, -0.15) is 0 Å². The number of nitrogens with zero attached hydrogens (tertiary/aromatic N) is 2. The Morgan fingerprint density at radius 2 is 1.14 bits per heavy atom. The molecule has 0 aliphatic rings. The van der Waals surface area contributed by atoms with Gasteiger partial charge in [0.2, 0.25) is 0 Å². The van der Waals surface area contributed by atoms with Crippen molar-refractivity contribution in [3.05, 3.63) is 48.5 Å². The average Bonchev–Trinajstić information content (AvgIpc) is 2.44. The lowest BCUT2D eigenvalue weighted by atomic mass is 10.2. The predicted molar refractivity (Wildman–Crippen MR) is 97.5 cm³/mol. The SMILES string of the molecule is CC(CC(C)=Nc1ccccc1S)=Nc1ccccc1S. The first-order valence-electron chi connectivity index (χ1n) is 6.70. The molecule has 0 amide bonds. The second-order valence-electron chi connectivity index (χ2n) is 4.85. The number of thiol groups is 2. The molecular formula is C17H18N2S2. The van der Waals surface area contributed by atoms with E-state index in [0.29, 0.717) is 0 Å². The second-order valence-corrected chi connectivity index (χ2v) is 5.81. The van der Waals surface area contributed by atoms with Gasteiger partial charge in [0.15, 0.2) is 0 Å². The van der Waals surface area contributed by atoms with Crippen molar-refractivity contribution < 1.29 is 0 Å². The third kappa shape index (κ3) is 4.76. The smallest absolute Gasteiger partial charge is 0.0762 e. The van der Waals surface area contributed by atoms with Crippen molar-refractivity contribution in [1.82, 2.24) is 0 Å². The predicted octanol–water partition coefficient (Wildman–Crippen LogP) is 5.54. The first kappa shape index (κ1) is 15.9. The molecule has 2 rings (SSSR count). The average molecular weight is 314 g/mol. The highest BCUT2D eigenvalue weighted by Crippen LogP contribution is 2.24. The van der Waals surface area contributed by atoms with Gasteiger partial charge < -0.3 is 0 Å². The zero-order chi connectivity index (χ0) is 15.2. The molecule has 2 aromatic carbocycles. The first-order valence-corrected chi connectivity index (χ1v) is 7.60. The molecule has 21 heavy (non-hydrogen) atoms. The van der Waals surface area contributed by atoms with Gasteiger partial charge >= 0.3 is 0 Å². The highest BCUT2D eigenvalue weighted by atomic mass is 32.1. The van der Waals surface area contributed by atoms with Crippen LogP contribution in [0.2, 0.25) is 0 Å². The fraction of sp³-hybridized carbons (Fsp3) is 0.176. The summed E-state index contributed by atoms with van der Waals surface area (Å²) in [5, 5.41) is 0. The van der Waals surface area contributed by atoms with Crippen LogP contribution < -0.4 is 0 Å². The minimum Gasteiger partial charge on any atom is -0.257 e. The van der Waals surface area contributed by atoms with Gasteiger partial charge in [0.05, 0.1) is 11.4 Å². The Bertz CT molecular complexity index is 631. The molecule has 0 fully saturated rings. The lowest BCUT2D eigenvalue weighted by Crippen LogP contribution is -2.00. The summed E-state index contributed by atoms with van der Waals surface area (Å²) in [6.45, 7) is 4.01. The summed E-state index contributed by atoms with van der Waals surface area (Å²) in [6.07, 6.45) is 0.726. The molecule has 0 unspecified atom stereocenters.